The molecule has 0 saturated carbocycles. The van der Waals surface area contributed by atoms with Crippen LogP contribution in [0.5, 0.6) is 0 Å². The highest BCUT2D eigenvalue weighted by Crippen LogP contribution is 2.29. The smallest absolute Gasteiger partial charge is 0.239 e. The average Bonchev–Trinajstić information content (AvgIpc) is 2.98. The fraction of sp³-hybridized carbons (Fsp3) is 0.333. The van der Waals surface area contributed by atoms with Crippen molar-refractivity contribution in [2.45, 2.75) is 6.10 Å². The van der Waals surface area contributed by atoms with Crippen LogP contribution in [0.3, 0.4) is 0 Å². The number of aliphatic hydroxyl groups excluding tert-OH is 1. The molecule has 1 amide bonds. The number of guanidine groups is 1. The molecule has 1 aromatic carbocycles. The molecule has 1 heterocycles. The van der Waals surface area contributed by atoms with Crippen LogP contribution in [0.4, 0.5) is 0 Å². The molecule has 1 atom stereocenters. The van der Waals surface area contributed by atoms with Crippen molar-refractivity contribution in [1.82, 2.24) is 16.0 Å². The minimum atomic E-state index is -0.629. The van der Waals surface area contributed by atoms with Gasteiger partial charge in [0.05, 0.1) is 6.54 Å². The van der Waals surface area contributed by atoms with E-state index in [0.29, 0.717) is 12.5 Å². The molecule has 6 nitrogen and oxygen atoms in total. The topological polar surface area (TPSA) is 85.8 Å². The largest absolute Gasteiger partial charge is 0.386 e. The zero-order valence-corrected chi connectivity index (χ0v) is 13.4. The minimum absolute atomic E-state index is 0.131. The highest BCUT2D eigenvalue weighted by Gasteiger charge is 2.12. The maximum atomic E-state index is 11.2. The number of nitrogens with one attached hydrogen (secondary N) is 3. The van der Waals surface area contributed by atoms with Gasteiger partial charge in [0.2, 0.25) is 5.91 Å². The summed E-state index contributed by atoms with van der Waals surface area (Å²) in [4.78, 5) is 16.1. The molecule has 0 aliphatic rings. The lowest BCUT2D eigenvalue weighted by molar-refractivity contribution is -0.119. The quantitative estimate of drug-likeness (QED) is 0.486. The summed E-state index contributed by atoms with van der Waals surface area (Å²) in [5, 5.41) is 19.8. The summed E-state index contributed by atoms with van der Waals surface area (Å²) < 4.78 is 1.15. The Morgan fingerprint density at radius 1 is 1.36 bits per heavy atom. The number of rotatable bonds is 5. The molecule has 0 saturated heterocycles. The van der Waals surface area contributed by atoms with E-state index in [1.165, 1.54) is 0 Å². The van der Waals surface area contributed by atoms with Gasteiger partial charge in [-0.1, -0.05) is 18.2 Å². The van der Waals surface area contributed by atoms with E-state index < -0.39 is 6.10 Å². The normalized spacial score (nSPS) is 13.0. The molecule has 2 aromatic rings. The van der Waals surface area contributed by atoms with Crippen LogP contribution >= 0.6 is 11.3 Å². The molecular weight excluding hydrogens is 300 g/mol. The minimum Gasteiger partial charge on any atom is -0.386 e. The lowest BCUT2D eigenvalue weighted by Crippen LogP contribution is -2.43. The Bertz CT molecular complexity index is 635. The van der Waals surface area contributed by atoms with E-state index in [4.69, 9.17) is 0 Å². The number of thiophene rings is 1. The SMILES string of the molecule is CN=C(NCC(=O)NC)NCC(O)c1cc2ccccc2s1. The Morgan fingerprint density at radius 2 is 2.14 bits per heavy atom. The van der Waals surface area contributed by atoms with Gasteiger partial charge in [-0.25, -0.2) is 0 Å². The highest BCUT2D eigenvalue weighted by molar-refractivity contribution is 7.19. The van der Waals surface area contributed by atoms with Crippen LogP contribution in [-0.4, -0.2) is 44.2 Å². The van der Waals surface area contributed by atoms with E-state index in [0.717, 1.165) is 15.0 Å². The number of aliphatic imine (C=N–C) groups is 1. The zero-order valence-electron chi connectivity index (χ0n) is 12.6. The molecule has 7 heteroatoms. The zero-order chi connectivity index (χ0) is 15.9. The highest BCUT2D eigenvalue weighted by atomic mass is 32.1. The molecule has 2 rings (SSSR count). The van der Waals surface area contributed by atoms with Gasteiger partial charge in [0.25, 0.3) is 0 Å². The summed E-state index contributed by atoms with van der Waals surface area (Å²) in [5.41, 5.74) is 0. The number of aliphatic hydroxyl groups is 1. The summed E-state index contributed by atoms with van der Waals surface area (Å²) in [6.07, 6.45) is -0.629. The van der Waals surface area contributed by atoms with Crippen molar-refractivity contribution in [2.24, 2.45) is 4.99 Å². The van der Waals surface area contributed by atoms with E-state index in [2.05, 4.69) is 20.9 Å². The van der Waals surface area contributed by atoms with Crippen LogP contribution in [0.15, 0.2) is 35.3 Å². The summed E-state index contributed by atoms with van der Waals surface area (Å²) in [7, 11) is 3.19. The first-order valence-electron chi connectivity index (χ1n) is 6.95. The molecular formula is C15H20N4O2S. The summed E-state index contributed by atoms with van der Waals surface area (Å²) >= 11 is 1.57. The van der Waals surface area contributed by atoms with Gasteiger partial charge in [-0.05, 0) is 17.5 Å². The summed E-state index contributed by atoms with van der Waals surface area (Å²) in [6.45, 7) is 0.454. The lowest BCUT2D eigenvalue weighted by atomic mass is 10.2. The maximum absolute atomic E-state index is 11.2. The number of carbonyl (C=O) groups excluding carboxylic acids is 1. The molecule has 0 spiro atoms. The third kappa shape index (κ3) is 4.19. The second-order valence-corrected chi connectivity index (χ2v) is 5.80. The molecule has 0 fully saturated rings. The fourth-order valence-electron chi connectivity index (χ4n) is 1.93. The van der Waals surface area contributed by atoms with Gasteiger partial charge in [0, 0.05) is 30.2 Å². The maximum Gasteiger partial charge on any atom is 0.239 e. The number of hydrogen-bond acceptors (Lipinski definition) is 4. The molecule has 1 unspecified atom stereocenters. The number of carbonyl (C=O) groups is 1. The predicted molar refractivity (Wildman–Crippen MR) is 90.2 cm³/mol. The van der Waals surface area contributed by atoms with Crippen LogP contribution < -0.4 is 16.0 Å². The van der Waals surface area contributed by atoms with Crippen LogP contribution in [-0.2, 0) is 4.79 Å². The van der Waals surface area contributed by atoms with Crippen molar-refractivity contribution in [2.75, 3.05) is 27.2 Å². The molecule has 22 heavy (non-hydrogen) atoms. The molecule has 0 aliphatic carbocycles. The Kier molecular flexibility index (Phi) is 5.74. The first-order valence-corrected chi connectivity index (χ1v) is 7.77. The second-order valence-electron chi connectivity index (χ2n) is 4.68. The number of fused-ring (bicyclic) bond motifs is 1. The number of amides is 1. The van der Waals surface area contributed by atoms with Gasteiger partial charge >= 0.3 is 0 Å². The van der Waals surface area contributed by atoms with Crippen molar-refractivity contribution in [3.8, 4) is 0 Å². The van der Waals surface area contributed by atoms with Gasteiger partial charge in [-0.3, -0.25) is 9.79 Å². The first kappa shape index (κ1) is 16.3. The number of likely N-dealkylation sites (N-methyl/N-ethyl adjacent to an activating group) is 1. The van der Waals surface area contributed by atoms with Gasteiger partial charge in [0.15, 0.2) is 5.96 Å². The number of nitrogens with zero attached hydrogens (tertiary/aromatic N) is 1. The van der Waals surface area contributed by atoms with Crippen molar-refractivity contribution < 1.29 is 9.90 Å². The number of hydrogen-bond donors (Lipinski definition) is 4. The third-order valence-corrected chi connectivity index (χ3v) is 4.37. The van der Waals surface area contributed by atoms with E-state index in [9.17, 15) is 9.90 Å². The Balaban J connectivity index is 1.90. The van der Waals surface area contributed by atoms with E-state index in [-0.39, 0.29) is 12.5 Å². The third-order valence-electron chi connectivity index (χ3n) is 3.15. The molecule has 0 bridgehead atoms. The van der Waals surface area contributed by atoms with E-state index in [1.54, 1.807) is 25.4 Å². The van der Waals surface area contributed by atoms with Crippen molar-refractivity contribution in [3.05, 3.63) is 35.2 Å². The average molecular weight is 320 g/mol. The van der Waals surface area contributed by atoms with Crippen molar-refractivity contribution in [3.63, 3.8) is 0 Å². The summed E-state index contributed by atoms with van der Waals surface area (Å²) in [5.74, 6) is 0.344. The van der Waals surface area contributed by atoms with Gasteiger partial charge < -0.3 is 21.1 Å². The van der Waals surface area contributed by atoms with Crippen LogP contribution in [0, 0.1) is 0 Å². The molecule has 1 aromatic heterocycles. The van der Waals surface area contributed by atoms with E-state index in [1.807, 2.05) is 30.3 Å². The molecule has 4 N–H and O–H groups in total. The van der Waals surface area contributed by atoms with Gasteiger partial charge in [-0.15, -0.1) is 11.3 Å². The monoisotopic (exact) mass is 320 g/mol. The van der Waals surface area contributed by atoms with Crippen molar-refractivity contribution in [1.29, 1.82) is 0 Å². The van der Waals surface area contributed by atoms with E-state index >= 15 is 0 Å². The lowest BCUT2D eigenvalue weighted by Gasteiger charge is -2.14. The standard InChI is InChI=1S/C15H20N4O2S/c1-16-14(21)9-19-15(17-2)18-8-11(20)13-7-10-5-3-4-6-12(10)22-13/h3-7,11,20H,8-9H2,1-2H3,(H,16,21)(H2,17,18,19). The second kappa shape index (κ2) is 7.77. The van der Waals surface area contributed by atoms with Crippen LogP contribution in [0.1, 0.15) is 11.0 Å². The van der Waals surface area contributed by atoms with Gasteiger partial charge in [0.1, 0.15) is 6.10 Å². The van der Waals surface area contributed by atoms with Crippen molar-refractivity contribution >= 4 is 33.3 Å². The fourth-order valence-corrected chi connectivity index (χ4v) is 2.98. The molecule has 0 radical (unpaired) electrons. The predicted octanol–water partition coefficient (Wildman–Crippen LogP) is 0.846. The van der Waals surface area contributed by atoms with Crippen LogP contribution in [0.2, 0.25) is 0 Å². The van der Waals surface area contributed by atoms with Gasteiger partial charge in [-0.2, -0.15) is 0 Å². The molecule has 0 aliphatic heterocycles. The Hall–Kier alpha value is -2.12. The summed E-state index contributed by atoms with van der Waals surface area (Å²) in [6, 6.07) is 10.0. The Morgan fingerprint density at radius 3 is 2.82 bits per heavy atom. The van der Waals surface area contributed by atoms with Crippen LogP contribution in [0.25, 0.3) is 10.1 Å². The Labute approximate surface area is 133 Å². The molecule has 118 valence electrons. The first-order chi connectivity index (χ1) is 10.6. The number of benzene rings is 1.